The first-order chi connectivity index (χ1) is 15.5. The van der Waals surface area contributed by atoms with Gasteiger partial charge in [-0.3, -0.25) is 4.90 Å². The molecule has 32 heavy (non-hydrogen) atoms. The number of halogens is 1. The molecule has 0 saturated carbocycles. The van der Waals surface area contributed by atoms with Crippen molar-refractivity contribution in [2.45, 2.75) is 37.6 Å². The fraction of sp³-hybridized carbons (Fsp3) is 0.292. The van der Waals surface area contributed by atoms with Crippen LogP contribution in [-0.2, 0) is 0 Å². The van der Waals surface area contributed by atoms with Crippen LogP contribution in [0.25, 0.3) is 17.0 Å². The Labute approximate surface area is 197 Å². The molecule has 0 radical (unpaired) electrons. The number of thioether (sulfide) groups is 1. The molecule has 8 heteroatoms. The summed E-state index contributed by atoms with van der Waals surface area (Å²) in [6, 6.07) is 15.0. The minimum atomic E-state index is -0.380. The third-order valence-electron chi connectivity index (χ3n) is 5.54. The van der Waals surface area contributed by atoms with E-state index in [1.54, 1.807) is 28.8 Å². The zero-order valence-corrected chi connectivity index (χ0v) is 19.8. The smallest absolute Gasteiger partial charge is 0.322 e. The number of nitrogens with one attached hydrogen (secondary N) is 1. The molecule has 1 aliphatic rings. The number of urea groups is 1. The van der Waals surface area contributed by atoms with Gasteiger partial charge in [-0.15, -0.1) is 11.8 Å². The Morgan fingerprint density at radius 2 is 1.88 bits per heavy atom. The number of rotatable bonds is 7. The Kier molecular flexibility index (Phi) is 6.86. The van der Waals surface area contributed by atoms with Crippen LogP contribution in [-0.4, -0.2) is 33.9 Å². The molecule has 0 bridgehead atoms. The molecule has 166 valence electrons. The first-order valence-electron chi connectivity index (χ1n) is 10.5. The number of hydrogen-bond donors (Lipinski definition) is 1. The van der Waals surface area contributed by atoms with Gasteiger partial charge in [0.2, 0.25) is 5.82 Å². The molecule has 1 N–H and O–H groups in total. The number of amides is 2. The van der Waals surface area contributed by atoms with Crippen LogP contribution >= 0.6 is 23.4 Å². The maximum atomic E-state index is 13.0. The second-order valence-electron chi connectivity index (χ2n) is 7.59. The average Bonchev–Trinajstić information content (AvgIpc) is 3.29. The van der Waals surface area contributed by atoms with Crippen molar-refractivity contribution in [3.63, 3.8) is 0 Å². The Morgan fingerprint density at radius 3 is 2.53 bits per heavy atom. The fourth-order valence-electron chi connectivity index (χ4n) is 3.74. The van der Waals surface area contributed by atoms with Gasteiger partial charge < -0.3 is 9.84 Å². The highest BCUT2D eigenvalue weighted by Crippen LogP contribution is 2.38. The number of unbranched alkanes of at least 4 members (excludes halogenated alkanes) is 1. The Balaban J connectivity index is 1.77. The van der Waals surface area contributed by atoms with E-state index < -0.39 is 0 Å². The minimum Gasteiger partial charge on any atom is -0.334 e. The minimum absolute atomic E-state index is 0.115. The summed E-state index contributed by atoms with van der Waals surface area (Å²) in [6.07, 6.45) is 3.94. The molecule has 1 atom stereocenters. The summed E-state index contributed by atoms with van der Waals surface area (Å²) in [5.41, 5.74) is 3.41. The molecule has 0 fully saturated rings. The lowest BCUT2D eigenvalue weighted by molar-refractivity contribution is 0.204. The molecular formula is C24H25ClN4O2S. The average molecular weight is 469 g/mol. The quantitative estimate of drug-likeness (QED) is 0.405. The van der Waals surface area contributed by atoms with Crippen molar-refractivity contribution in [3.05, 3.63) is 70.7 Å². The SMILES string of the molecule is CCCCN1C(=O)NC(c2ccc(SC)cc2)C(c2nc(-c3ccc(Cl)cc3)no2)=C1C. The summed E-state index contributed by atoms with van der Waals surface area (Å²) in [7, 11) is 0. The lowest BCUT2D eigenvalue weighted by Crippen LogP contribution is -2.46. The normalized spacial score (nSPS) is 16.4. The van der Waals surface area contributed by atoms with Gasteiger partial charge in [0.05, 0.1) is 11.6 Å². The van der Waals surface area contributed by atoms with Crippen LogP contribution in [0.4, 0.5) is 4.79 Å². The second kappa shape index (κ2) is 9.79. The van der Waals surface area contributed by atoms with Crippen molar-refractivity contribution < 1.29 is 9.32 Å². The van der Waals surface area contributed by atoms with Gasteiger partial charge in [-0.2, -0.15) is 4.98 Å². The third-order valence-corrected chi connectivity index (χ3v) is 6.54. The summed E-state index contributed by atoms with van der Waals surface area (Å²) < 4.78 is 5.71. The molecule has 0 aliphatic carbocycles. The van der Waals surface area contributed by atoms with Gasteiger partial charge in [0.1, 0.15) is 0 Å². The maximum Gasteiger partial charge on any atom is 0.322 e. The molecule has 1 aromatic heterocycles. The van der Waals surface area contributed by atoms with Crippen LogP contribution in [0, 0.1) is 0 Å². The highest BCUT2D eigenvalue weighted by molar-refractivity contribution is 7.98. The number of aromatic nitrogens is 2. The van der Waals surface area contributed by atoms with E-state index in [0.29, 0.717) is 23.3 Å². The third kappa shape index (κ3) is 4.54. The zero-order valence-electron chi connectivity index (χ0n) is 18.3. The molecule has 0 saturated heterocycles. The van der Waals surface area contributed by atoms with E-state index in [1.807, 2.05) is 37.4 Å². The topological polar surface area (TPSA) is 71.3 Å². The summed E-state index contributed by atoms with van der Waals surface area (Å²) in [5, 5.41) is 7.98. The van der Waals surface area contributed by atoms with Gasteiger partial charge in [-0.05, 0) is 61.6 Å². The van der Waals surface area contributed by atoms with Crippen LogP contribution in [0.1, 0.15) is 44.2 Å². The van der Waals surface area contributed by atoms with Crippen LogP contribution < -0.4 is 5.32 Å². The summed E-state index contributed by atoms with van der Waals surface area (Å²) >= 11 is 7.68. The van der Waals surface area contributed by atoms with E-state index in [9.17, 15) is 4.79 Å². The number of carbonyl (C=O) groups excluding carboxylic acids is 1. The first-order valence-corrected chi connectivity index (χ1v) is 12.1. The lowest BCUT2D eigenvalue weighted by Gasteiger charge is -2.35. The number of benzene rings is 2. The van der Waals surface area contributed by atoms with Crippen molar-refractivity contribution in [3.8, 4) is 11.4 Å². The molecule has 1 unspecified atom stereocenters. The number of hydrogen-bond acceptors (Lipinski definition) is 5. The molecule has 0 spiro atoms. The fourth-order valence-corrected chi connectivity index (χ4v) is 4.27. The molecule has 1 aliphatic heterocycles. The van der Waals surface area contributed by atoms with Crippen LogP contribution in [0.15, 0.2) is 63.6 Å². The molecule has 2 heterocycles. The van der Waals surface area contributed by atoms with Gasteiger partial charge in [0.25, 0.3) is 5.89 Å². The van der Waals surface area contributed by atoms with Crippen molar-refractivity contribution in [2.24, 2.45) is 0 Å². The molecule has 6 nitrogen and oxygen atoms in total. The van der Waals surface area contributed by atoms with E-state index >= 15 is 0 Å². The largest absolute Gasteiger partial charge is 0.334 e. The van der Waals surface area contributed by atoms with Gasteiger partial charge in [-0.25, -0.2) is 4.79 Å². The molecule has 2 amide bonds. The van der Waals surface area contributed by atoms with E-state index in [2.05, 4.69) is 34.5 Å². The molecule has 2 aromatic carbocycles. The highest BCUT2D eigenvalue weighted by atomic mass is 35.5. The van der Waals surface area contributed by atoms with Gasteiger partial charge in [0, 0.05) is 27.7 Å². The monoisotopic (exact) mass is 468 g/mol. The molecular weight excluding hydrogens is 444 g/mol. The summed E-state index contributed by atoms with van der Waals surface area (Å²) in [4.78, 5) is 20.5. The standard InChI is InChI=1S/C24H25ClN4O2S/c1-4-5-14-29-15(2)20(21(26-24(29)30)16-8-12-19(32-3)13-9-16)23-27-22(28-31-23)17-6-10-18(25)11-7-17/h6-13,21H,4-5,14H2,1-3H3,(H,26,30). The van der Waals surface area contributed by atoms with Crippen LogP contribution in [0.2, 0.25) is 5.02 Å². The van der Waals surface area contributed by atoms with Crippen molar-refractivity contribution in [2.75, 3.05) is 12.8 Å². The van der Waals surface area contributed by atoms with Crippen LogP contribution in [0.3, 0.4) is 0 Å². The Morgan fingerprint density at radius 1 is 1.16 bits per heavy atom. The molecule has 3 aromatic rings. The number of carbonyl (C=O) groups is 1. The van der Waals surface area contributed by atoms with E-state index in [4.69, 9.17) is 16.1 Å². The Hall–Kier alpha value is -2.77. The number of nitrogens with zero attached hydrogens (tertiary/aromatic N) is 3. The second-order valence-corrected chi connectivity index (χ2v) is 8.91. The van der Waals surface area contributed by atoms with Gasteiger partial charge in [0.15, 0.2) is 0 Å². The summed E-state index contributed by atoms with van der Waals surface area (Å²) in [5.74, 6) is 0.873. The maximum absolute atomic E-state index is 13.0. The predicted octanol–water partition coefficient (Wildman–Crippen LogP) is 6.41. The lowest BCUT2D eigenvalue weighted by atomic mass is 9.94. The summed E-state index contributed by atoms with van der Waals surface area (Å²) in [6.45, 7) is 4.68. The van der Waals surface area contributed by atoms with Gasteiger partial charge >= 0.3 is 6.03 Å². The van der Waals surface area contributed by atoms with E-state index in [0.717, 1.165) is 40.1 Å². The van der Waals surface area contributed by atoms with Crippen molar-refractivity contribution in [1.29, 1.82) is 0 Å². The first kappa shape index (κ1) is 22.4. The Bertz CT molecular complexity index is 1130. The van der Waals surface area contributed by atoms with Crippen molar-refractivity contribution >= 4 is 35.0 Å². The molecule has 4 rings (SSSR count). The number of allylic oxidation sites excluding steroid dienone is 1. The van der Waals surface area contributed by atoms with Crippen LogP contribution in [0.5, 0.6) is 0 Å². The zero-order chi connectivity index (χ0) is 22.7. The van der Waals surface area contributed by atoms with Crippen molar-refractivity contribution in [1.82, 2.24) is 20.4 Å². The van der Waals surface area contributed by atoms with E-state index in [-0.39, 0.29) is 12.1 Å². The van der Waals surface area contributed by atoms with Gasteiger partial charge in [-0.1, -0.05) is 42.2 Å². The highest BCUT2D eigenvalue weighted by Gasteiger charge is 2.35. The predicted molar refractivity (Wildman–Crippen MR) is 128 cm³/mol. The van der Waals surface area contributed by atoms with E-state index in [1.165, 1.54) is 0 Å².